The molecule has 1 aromatic rings. The maximum absolute atomic E-state index is 9.81. The van der Waals surface area contributed by atoms with Crippen LogP contribution in [0.25, 0.3) is 0 Å². The summed E-state index contributed by atoms with van der Waals surface area (Å²) in [7, 11) is 3.24. The van der Waals surface area contributed by atoms with Crippen LogP contribution in [0.1, 0.15) is 52.0 Å². The summed E-state index contributed by atoms with van der Waals surface area (Å²) in [6.07, 6.45) is 1.66. The molecule has 1 rings (SSSR count). The van der Waals surface area contributed by atoms with Gasteiger partial charge in [-0.3, -0.25) is 0 Å². The number of ether oxygens (including phenoxy) is 2. The molecule has 19 heavy (non-hydrogen) atoms. The first-order valence-electron chi connectivity index (χ1n) is 7.04. The van der Waals surface area contributed by atoms with Gasteiger partial charge in [-0.25, -0.2) is 0 Å². The fourth-order valence-corrected chi connectivity index (χ4v) is 2.08. The number of aliphatic hydroxyl groups excluding tert-OH is 1. The Hall–Kier alpha value is -1.22. The Kier molecular flexibility index (Phi) is 9.06. The third-order valence-electron chi connectivity index (χ3n) is 3.02. The highest BCUT2D eigenvalue weighted by molar-refractivity contribution is 5.44. The summed E-state index contributed by atoms with van der Waals surface area (Å²) >= 11 is 0. The second-order valence-corrected chi connectivity index (χ2v) is 4.25. The summed E-state index contributed by atoms with van der Waals surface area (Å²) in [4.78, 5) is 0. The quantitative estimate of drug-likeness (QED) is 0.847. The summed E-state index contributed by atoms with van der Waals surface area (Å²) in [5.74, 6) is 1.59. The van der Waals surface area contributed by atoms with Crippen LogP contribution >= 0.6 is 0 Å². The van der Waals surface area contributed by atoms with E-state index in [0.29, 0.717) is 5.75 Å². The molecule has 0 saturated heterocycles. The first kappa shape index (κ1) is 17.8. The second kappa shape index (κ2) is 9.68. The van der Waals surface area contributed by atoms with Gasteiger partial charge in [-0.2, -0.15) is 0 Å². The minimum absolute atomic E-state index is 0.153. The van der Waals surface area contributed by atoms with Crippen LogP contribution in [0.3, 0.4) is 0 Å². The summed E-state index contributed by atoms with van der Waals surface area (Å²) < 4.78 is 10.5. The van der Waals surface area contributed by atoms with Crippen molar-refractivity contribution in [2.45, 2.75) is 52.6 Å². The molecule has 0 radical (unpaired) electrons. The van der Waals surface area contributed by atoms with E-state index in [-0.39, 0.29) is 12.0 Å². The van der Waals surface area contributed by atoms with Crippen LogP contribution in [0.2, 0.25) is 0 Å². The molecule has 0 aliphatic carbocycles. The number of hydrogen-bond acceptors (Lipinski definition) is 3. The monoisotopic (exact) mass is 268 g/mol. The smallest absolute Gasteiger partial charge is 0.160 e. The highest BCUT2D eigenvalue weighted by Crippen LogP contribution is 2.33. The maximum Gasteiger partial charge on any atom is 0.160 e. The zero-order chi connectivity index (χ0) is 14.8. The molecular weight excluding hydrogens is 240 g/mol. The zero-order valence-corrected chi connectivity index (χ0v) is 13.1. The minimum atomic E-state index is -0.354. The fraction of sp³-hybridized carbons (Fsp3) is 0.625. The highest BCUT2D eigenvalue weighted by atomic mass is 16.5. The summed E-state index contributed by atoms with van der Waals surface area (Å²) in [6, 6.07) is 5.83. The second-order valence-electron chi connectivity index (χ2n) is 4.25. The maximum atomic E-state index is 9.81. The van der Waals surface area contributed by atoms with Crippen molar-refractivity contribution in [1.29, 1.82) is 0 Å². The number of aliphatic hydroxyl groups is 1. The third kappa shape index (κ3) is 5.11. The molecule has 0 amide bonds. The lowest BCUT2D eigenvalue weighted by Crippen LogP contribution is -2.14. The standard InChI is InChI=1S/C14H22O3.C2H6/c1-5-6-12(10(2)15)11-7-8-13(16-3)14(9-11)17-4;1-2/h7-10,12,15H,5-6H2,1-4H3;1-2H3. The van der Waals surface area contributed by atoms with E-state index in [0.717, 1.165) is 24.2 Å². The normalized spacial score (nSPS) is 13.0. The first-order chi connectivity index (χ1) is 9.13. The van der Waals surface area contributed by atoms with Crippen molar-refractivity contribution < 1.29 is 14.6 Å². The Labute approximate surface area is 117 Å². The van der Waals surface area contributed by atoms with Gasteiger partial charge in [-0.15, -0.1) is 0 Å². The number of rotatable bonds is 6. The van der Waals surface area contributed by atoms with Gasteiger partial charge < -0.3 is 14.6 Å². The van der Waals surface area contributed by atoms with Crippen LogP contribution in [0, 0.1) is 0 Å². The zero-order valence-electron chi connectivity index (χ0n) is 13.1. The molecule has 2 atom stereocenters. The van der Waals surface area contributed by atoms with E-state index < -0.39 is 0 Å². The van der Waals surface area contributed by atoms with Crippen molar-refractivity contribution in [3.05, 3.63) is 23.8 Å². The average molecular weight is 268 g/mol. The molecule has 0 heterocycles. The largest absolute Gasteiger partial charge is 0.493 e. The van der Waals surface area contributed by atoms with E-state index in [4.69, 9.17) is 9.47 Å². The van der Waals surface area contributed by atoms with Gasteiger partial charge in [0.1, 0.15) is 0 Å². The van der Waals surface area contributed by atoms with Crippen LogP contribution in [0.4, 0.5) is 0 Å². The molecule has 1 N–H and O–H groups in total. The molecule has 0 fully saturated rings. The van der Waals surface area contributed by atoms with Gasteiger partial charge in [0.25, 0.3) is 0 Å². The Bertz CT molecular complexity index is 348. The predicted octanol–water partition coefficient (Wildman–Crippen LogP) is 3.99. The summed E-state index contributed by atoms with van der Waals surface area (Å²) in [6.45, 7) is 7.95. The van der Waals surface area contributed by atoms with Crippen LogP contribution in [0.15, 0.2) is 18.2 Å². The molecule has 3 heteroatoms. The lowest BCUT2D eigenvalue weighted by molar-refractivity contribution is 0.157. The van der Waals surface area contributed by atoms with Crippen molar-refractivity contribution >= 4 is 0 Å². The Balaban J connectivity index is 0.00000154. The van der Waals surface area contributed by atoms with E-state index in [1.165, 1.54) is 0 Å². The molecule has 1 aromatic carbocycles. The predicted molar refractivity (Wildman–Crippen MR) is 80.2 cm³/mol. The van der Waals surface area contributed by atoms with Crippen molar-refractivity contribution in [2.24, 2.45) is 0 Å². The molecule has 2 unspecified atom stereocenters. The van der Waals surface area contributed by atoms with E-state index in [1.807, 2.05) is 39.0 Å². The first-order valence-corrected chi connectivity index (χ1v) is 7.04. The molecule has 0 saturated carbocycles. The lowest BCUT2D eigenvalue weighted by Gasteiger charge is -2.21. The van der Waals surface area contributed by atoms with E-state index in [1.54, 1.807) is 14.2 Å². The van der Waals surface area contributed by atoms with Crippen LogP contribution in [0.5, 0.6) is 11.5 Å². The topological polar surface area (TPSA) is 38.7 Å². The van der Waals surface area contributed by atoms with E-state index >= 15 is 0 Å². The molecule has 0 spiro atoms. The SMILES string of the molecule is CC.CCCC(c1ccc(OC)c(OC)c1)C(C)O. The molecule has 110 valence electrons. The van der Waals surface area contributed by atoms with Gasteiger partial charge in [0.15, 0.2) is 11.5 Å². The van der Waals surface area contributed by atoms with Crippen molar-refractivity contribution in [3.8, 4) is 11.5 Å². The van der Waals surface area contributed by atoms with Gasteiger partial charge in [-0.05, 0) is 31.0 Å². The van der Waals surface area contributed by atoms with Crippen LogP contribution in [-0.2, 0) is 0 Å². The third-order valence-corrected chi connectivity index (χ3v) is 3.02. The van der Waals surface area contributed by atoms with Gasteiger partial charge in [0.05, 0.1) is 20.3 Å². The number of benzene rings is 1. The number of methoxy groups -OCH3 is 2. The van der Waals surface area contributed by atoms with Crippen LogP contribution < -0.4 is 9.47 Å². The average Bonchev–Trinajstić information content (AvgIpc) is 2.45. The van der Waals surface area contributed by atoms with Gasteiger partial charge in [-0.1, -0.05) is 33.3 Å². The van der Waals surface area contributed by atoms with Gasteiger partial charge in [0.2, 0.25) is 0 Å². The lowest BCUT2D eigenvalue weighted by atomic mass is 9.90. The van der Waals surface area contributed by atoms with E-state index in [9.17, 15) is 5.11 Å². The Morgan fingerprint density at radius 3 is 2.11 bits per heavy atom. The van der Waals surface area contributed by atoms with Crippen molar-refractivity contribution in [1.82, 2.24) is 0 Å². The molecule has 0 bridgehead atoms. The Morgan fingerprint density at radius 1 is 1.11 bits per heavy atom. The van der Waals surface area contributed by atoms with E-state index in [2.05, 4.69) is 6.92 Å². The van der Waals surface area contributed by atoms with Gasteiger partial charge in [0, 0.05) is 5.92 Å². The molecule has 0 aromatic heterocycles. The fourth-order valence-electron chi connectivity index (χ4n) is 2.08. The molecule has 0 aliphatic heterocycles. The Morgan fingerprint density at radius 2 is 1.68 bits per heavy atom. The van der Waals surface area contributed by atoms with Gasteiger partial charge >= 0.3 is 0 Å². The summed E-state index contributed by atoms with van der Waals surface area (Å²) in [5, 5.41) is 9.81. The molecule has 3 nitrogen and oxygen atoms in total. The highest BCUT2D eigenvalue weighted by Gasteiger charge is 2.18. The van der Waals surface area contributed by atoms with Crippen molar-refractivity contribution in [3.63, 3.8) is 0 Å². The molecular formula is C16H28O3. The minimum Gasteiger partial charge on any atom is -0.493 e. The summed E-state index contributed by atoms with van der Waals surface area (Å²) in [5.41, 5.74) is 1.10. The van der Waals surface area contributed by atoms with Crippen LogP contribution in [-0.4, -0.2) is 25.4 Å². The van der Waals surface area contributed by atoms with Crippen molar-refractivity contribution in [2.75, 3.05) is 14.2 Å². The number of hydrogen-bond donors (Lipinski definition) is 1. The molecule has 0 aliphatic rings.